The molecule has 3 heteroatoms. The predicted molar refractivity (Wildman–Crippen MR) is 122 cm³/mol. The van der Waals surface area contributed by atoms with E-state index in [0.717, 1.165) is 29.3 Å². The number of nitrogens with zero attached hydrogens (tertiary/aromatic N) is 2. The smallest absolute Gasteiger partial charge is 0.273 e. The Morgan fingerprint density at radius 3 is 2.17 bits per heavy atom. The van der Waals surface area contributed by atoms with E-state index in [1.54, 1.807) is 0 Å². The van der Waals surface area contributed by atoms with Crippen molar-refractivity contribution in [2.24, 2.45) is 0 Å². The molecule has 30 heavy (non-hydrogen) atoms. The molecular weight excluding hydrogens is 368 g/mol. The van der Waals surface area contributed by atoms with Gasteiger partial charge in [0.15, 0.2) is 0 Å². The number of carbonyl (C=O) groups excluding carboxylic acids is 1. The minimum atomic E-state index is -0.0230. The molecule has 0 aliphatic rings. The van der Waals surface area contributed by atoms with Gasteiger partial charge in [0, 0.05) is 18.0 Å². The van der Waals surface area contributed by atoms with E-state index in [-0.39, 0.29) is 11.9 Å². The molecule has 0 aliphatic heterocycles. The van der Waals surface area contributed by atoms with Gasteiger partial charge in [0.25, 0.3) is 5.91 Å². The second-order valence-electron chi connectivity index (χ2n) is 7.68. The molecule has 1 amide bonds. The van der Waals surface area contributed by atoms with Crippen LogP contribution in [-0.4, -0.2) is 21.8 Å². The highest BCUT2D eigenvalue weighted by molar-refractivity contribution is 5.95. The van der Waals surface area contributed by atoms with Crippen molar-refractivity contribution in [2.75, 3.05) is 0 Å². The molecule has 0 unspecified atom stereocenters. The number of carbonyl (C=O) groups is 1. The maximum Gasteiger partial charge on any atom is 0.273 e. The van der Waals surface area contributed by atoms with Crippen LogP contribution in [0, 0.1) is 0 Å². The Morgan fingerprint density at radius 2 is 1.43 bits per heavy atom. The van der Waals surface area contributed by atoms with Crippen LogP contribution in [0.25, 0.3) is 10.9 Å². The van der Waals surface area contributed by atoms with Crippen molar-refractivity contribution in [1.82, 2.24) is 9.88 Å². The SMILES string of the molecule is C[C@@H](CCc1ccccc1)N(Cc1ccccc1)C(=O)c1ccc2ccccc2n1. The number of hydrogen-bond donors (Lipinski definition) is 0. The zero-order valence-corrected chi connectivity index (χ0v) is 17.2. The first-order valence-corrected chi connectivity index (χ1v) is 10.5. The van der Waals surface area contributed by atoms with Gasteiger partial charge in [0.2, 0.25) is 0 Å². The number of aryl methyl sites for hydroxylation is 1. The molecular formula is C27H26N2O. The average molecular weight is 395 g/mol. The quantitative estimate of drug-likeness (QED) is 0.391. The molecule has 0 radical (unpaired) electrons. The normalized spacial score (nSPS) is 11.9. The fourth-order valence-corrected chi connectivity index (χ4v) is 3.72. The number of para-hydroxylation sites is 1. The number of rotatable bonds is 7. The molecule has 0 saturated heterocycles. The summed E-state index contributed by atoms with van der Waals surface area (Å²) >= 11 is 0. The van der Waals surface area contributed by atoms with Gasteiger partial charge in [-0.05, 0) is 43.0 Å². The van der Waals surface area contributed by atoms with Crippen LogP contribution >= 0.6 is 0 Å². The third-order valence-electron chi connectivity index (χ3n) is 5.50. The fraction of sp³-hybridized carbons (Fsp3) is 0.185. The zero-order valence-electron chi connectivity index (χ0n) is 17.2. The lowest BCUT2D eigenvalue weighted by Gasteiger charge is -2.29. The third kappa shape index (κ3) is 4.74. The van der Waals surface area contributed by atoms with Gasteiger partial charge in [-0.15, -0.1) is 0 Å². The molecule has 1 aromatic heterocycles. The Labute approximate surface area is 178 Å². The van der Waals surface area contributed by atoms with Crippen molar-refractivity contribution >= 4 is 16.8 Å². The Hall–Kier alpha value is -3.46. The van der Waals surface area contributed by atoms with Gasteiger partial charge in [-0.25, -0.2) is 4.98 Å². The zero-order chi connectivity index (χ0) is 20.8. The van der Waals surface area contributed by atoms with Crippen molar-refractivity contribution in [2.45, 2.75) is 32.4 Å². The molecule has 0 aliphatic carbocycles. The number of amides is 1. The molecule has 1 atom stereocenters. The highest BCUT2D eigenvalue weighted by Crippen LogP contribution is 2.19. The summed E-state index contributed by atoms with van der Waals surface area (Å²) < 4.78 is 0. The maximum atomic E-state index is 13.5. The van der Waals surface area contributed by atoms with Crippen molar-refractivity contribution in [3.05, 3.63) is 114 Å². The maximum absolute atomic E-state index is 13.5. The van der Waals surface area contributed by atoms with E-state index in [9.17, 15) is 4.79 Å². The average Bonchev–Trinajstić information content (AvgIpc) is 2.81. The van der Waals surface area contributed by atoms with Gasteiger partial charge >= 0.3 is 0 Å². The first kappa shape index (κ1) is 19.8. The highest BCUT2D eigenvalue weighted by atomic mass is 16.2. The second-order valence-corrected chi connectivity index (χ2v) is 7.68. The van der Waals surface area contributed by atoms with Gasteiger partial charge in [0.1, 0.15) is 5.69 Å². The van der Waals surface area contributed by atoms with Crippen molar-refractivity contribution in [1.29, 1.82) is 0 Å². The van der Waals surface area contributed by atoms with E-state index in [1.165, 1.54) is 5.56 Å². The summed E-state index contributed by atoms with van der Waals surface area (Å²) in [6.07, 6.45) is 1.84. The molecule has 0 N–H and O–H groups in total. The van der Waals surface area contributed by atoms with E-state index in [2.05, 4.69) is 48.3 Å². The van der Waals surface area contributed by atoms with Crippen molar-refractivity contribution in [3.8, 4) is 0 Å². The van der Waals surface area contributed by atoms with E-state index in [1.807, 2.05) is 65.6 Å². The molecule has 3 aromatic carbocycles. The van der Waals surface area contributed by atoms with Gasteiger partial charge in [-0.1, -0.05) is 84.9 Å². The van der Waals surface area contributed by atoms with Crippen LogP contribution < -0.4 is 0 Å². The number of hydrogen-bond acceptors (Lipinski definition) is 2. The minimum absolute atomic E-state index is 0.0230. The summed E-state index contributed by atoms with van der Waals surface area (Å²) in [7, 11) is 0. The highest BCUT2D eigenvalue weighted by Gasteiger charge is 2.23. The van der Waals surface area contributed by atoms with E-state index in [4.69, 9.17) is 0 Å². The molecule has 3 nitrogen and oxygen atoms in total. The molecule has 0 spiro atoms. The molecule has 4 aromatic rings. The number of aromatic nitrogens is 1. The molecule has 0 bridgehead atoms. The van der Waals surface area contributed by atoms with Gasteiger partial charge in [-0.2, -0.15) is 0 Å². The fourth-order valence-electron chi connectivity index (χ4n) is 3.72. The first-order valence-electron chi connectivity index (χ1n) is 10.5. The van der Waals surface area contributed by atoms with Gasteiger partial charge in [-0.3, -0.25) is 4.79 Å². The van der Waals surface area contributed by atoms with E-state index >= 15 is 0 Å². The number of pyridine rings is 1. The number of benzene rings is 3. The summed E-state index contributed by atoms with van der Waals surface area (Å²) in [5, 5.41) is 1.04. The molecule has 0 fully saturated rings. The summed E-state index contributed by atoms with van der Waals surface area (Å²) in [5.41, 5.74) is 3.76. The monoisotopic (exact) mass is 394 g/mol. The molecule has 1 heterocycles. The lowest BCUT2D eigenvalue weighted by atomic mass is 10.0. The van der Waals surface area contributed by atoms with Gasteiger partial charge < -0.3 is 4.90 Å². The minimum Gasteiger partial charge on any atom is -0.330 e. The third-order valence-corrected chi connectivity index (χ3v) is 5.50. The molecule has 0 saturated carbocycles. The van der Waals surface area contributed by atoms with Crippen LogP contribution in [0.5, 0.6) is 0 Å². The second kappa shape index (κ2) is 9.36. The summed E-state index contributed by atoms with van der Waals surface area (Å²) in [5.74, 6) is -0.0230. The Balaban J connectivity index is 1.58. The van der Waals surface area contributed by atoms with Crippen molar-refractivity contribution < 1.29 is 4.79 Å². The number of fused-ring (bicyclic) bond motifs is 1. The van der Waals surface area contributed by atoms with E-state index in [0.29, 0.717) is 12.2 Å². The first-order chi connectivity index (χ1) is 14.7. The van der Waals surface area contributed by atoms with Crippen LogP contribution in [-0.2, 0) is 13.0 Å². The summed E-state index contributed by atoms with van der Waals surface area (Å²) in [4.78, 5) is 20.1. The summed E-state index contributed by atoms with van der Waals surface area (Å²) in [6.45, 7) is 2.70. The lowest BCUT2D eigenvalue weighted by Crippen LogP contribution is -2.38. The van der Waals surface area contributed by atoms with Crippen LogP contribution in [0.2, 0.25) is 0 Å². The van der Waals surface area contributed by atoms with E-state index < -0.39 is 0 Å². The van der Waals surface area contributed by atoms with Gasteiger partial charge in [0.05, 0.1) is 5.52 Å². The standard InChI is InChI=1S/C27H26N2O/c1-21(16-17-22-10-4-2-5-11-22)29(20-23-12-6-3-7-13-23)27(30)26-19-18-24-14-8-9-15-25(24)28-26/h2-15,18-19,21H,16-17,20H2,1H3/t21-/m0/s1. The largest absolute Gasteiger partial charge is 0.330 e. The molecule has 150 valence electrons. The molecule has 4 rings (SSSR count). The van der Waals surface area contributed by atoms with Crippen LogP contribution in [0.15, 0.2) is 97.1 Å². The summed E-state index contributed by atoms with van der Waals surface area (Å²) in [6, 6.07) is 32.4. The Morgan fingerprint density at radius 1 is 0.800 bits per heavy atom. The van der Waals surface area contributed by atoms with Crippen LogP contribution in [0.3, 0.4) is 0 Å². The Kier molecular flexibility index (Phi) is 6.19. The lowest BCUT2D eigenvalue weighted by molar-refractivity contribution is 0.0662. The predicted octanol–water partition coefficient (Wildman–Crippen LogP) is 5.90. The Bertz CT molecular complexity index is 1110. The van der Waals surface area contributed by atoms with Crippen molar-refractivity contribution in [3.63, 3.8) is 0 Å². The van der Waals surface area contributed by atoms with Crippen LogP contribution in [0.4, 0.5) is 0 Å². The topological polar surface area (TPSA) is 33.2 Å². The van der Waals surface area contributed by atoms with Crippen LogP contribution in [0.1, 0.15) is 35.0 Å².